The van der Waals surface area contributed by atoms with Crippen molar-refractivity contribution in [2.24, 2.45) is 0 Å². The SMILES string of the molecule is CC(=O)/C=C(/C)O.[Ir].[c-]1ccccc1-c1cn2ccccc2n1. The monoisotopic (exact) mass is 486 g/mol. The van der Waals surface area contributed by atoms with Crippen LogP contribution in [0, 0.1) is 6.07 Å². The molecule has 0 atom stereocenters. The predicted molar refractivity (Wildman–Crippen MR) is 86.5 cm³/mol. The summed E-state index contributed by atoms with van der Waals surface area (Å²) in [6.45, 7) is 2.85. The van der Waals surface area contributed by atoms with Crippen LogP contribution in [0.3, 0.4) is 0 Å². The van der Waals surface area contributed by atoms with Gasteiger partial charge in [0.1, 0.15) is 5.65 Å². The van der Waals surface area contributed by atoms with E-state index in [1.165, 1.54) is 19.9 Å². The molecule has 4 nitrogen and oxygen atoms in total. The molecule has 0 spiro atoms. The smallest absolute Gasteiger partial charge is 0.155 e. The van der Waals surface area contributed by atoms with E-state index in [1.807, 2.05) is 59.3 Å². The third kappa shape index (κ3) is 5.81. The van der Waals surface area contributed by atoms with E-state index >= 15 is 0 Å². The fourth-order valence-corrected chi connectivity index (χ4v) is 1.91. The molecule has 0 bridgehead atoms. The molecule has 2 heterocycles. The summed E-state index contributed by atoms with van der Waals surface area (Å²) in [5, 5.41) is 8.36. The molecule has 1 radical (unpaired) electrons. The maximum absolute atomic E-state index is 10.0. The fourth-order valence-electron chi connectivity index (χ4n) is 1.91. The molecule has 0 saturated heterocycles. The zero-order chi connectivity index (χ0) is 15.9. The van der Waals surface area contributed by atoms with E-state index in [1.54, 1.807) is 0 Å². The minimum Gasteiger partial charge on any atom is -0.512 e. The molecule has 0 aliphatic heterocycles. The first-order chi connectivity index (χ1) is 10.6. The Morgan fingerprint density at radius 3 is 2.48 bits per heavy atom. The second-order valence-electron chi connectivity index (χ2n) is 4.76. The number of rotatable bonds is 2. The van der Waals surface area contributed by atoms with Gasteiger partial charge in [-0.2, -0.15) is 0 Å². The number of benzene rings is 1. The molecule has 0 unspecified atom stereocenters. The van der Waals surface area contributed by atoms with Crippen LogP contribution in [0.15, 0.2) is 66.7 Å². The molecule has 121 valence electrons. The molecule has 3 aromatic rings. The molecule has 1 N–H and O–H groups in total. The number of hydrogen-bond donors (Lipinski definition) is 1. The van der Waals surface area contributed by atoms with Crippen LogP contribution < -0.4 is 0 Å². The van der Waals surface area contributed by atoms with Crippen molar-refractivity contribution < 1.29 is 30.0 Å². The number of carbonyl (C=O) groups excluding carboxylic acids is 1. The van der Waals surface area contributed by atoms with Crippen molar-refractivity contribution in [2.45, 2.75) is 13.8 Å². The first-order valence-corrected chi connectivity index (χ1v) is 6.85. The van der Waals surface area contributed by atoms with Gasteiger partial charge in [0, 0.05) is 38.1 Å². The van der Waals surface area contributed by atoms with E-state index in [9.17, 15) is 4.79 Å². The molecule has 0 fully saturated rings. The molecule has 5 heteroatoms. The predicted octanol–water partition coefficient (Wildman–Crippen LogP) is 3.84. The zero-order valence-corrected chi connectivity index (χ0v) is 15.3. The molecular weight excluding hydrogens is 468 g/mol. The first-order valence-electron chi connectivity index (χ1n) is 6.85. The van der Waals surface area contributed by atoms with Gasteiger partial charge in [-0.05, 0) is 32.2 Å². The standard InChI is InChI=1S/C13H9N2.C5H8O2.Ir/c1-2-6-11(7-3-1)12-10-15-9-5-4-8-13(15)14-12;1-4(6)3-5(2)7;/h1-6,8-10H;3,6H,1-2H3;/q-1;;/b;4-3-;. The van der Waals surface area contributed by atoms with Gasteiger partial charge in [-0.25, -0.2) is 0 Å². The number of imidazole rings is 1. The van der Waals surface area contributed by atoms with Crippen molar-refractivity contribution in [1.29, 1.82) is 0 Å². The zero-order valence-electron chi connectivity index (χ0n) is 12.9. The van der Waals surface area contributed by atoms with Crippen molar-refractivity contribution in [1.82, 2.24) is 9.38 Å². The topological polar surface area (TPSA) is 54.6 Å². The van der Waals surface area contributed by atoms with Crippen LogP contribution in [-0.2, 0) is 24.9 Å². The molecular formula is C18H17IrN2O2-. The Morgan fingerprint density at radius 1 is 1.22 bits per heavy atom. The maximum atomic E-state index is 10.0. The largest absolute Gasteiger partial charge is 0.512 e. The van der Waals surface area contributed by atoms with Gasteiger partial charge in [-0.1, -0.05) is 6.07 Å². The Morgan fingerprint density at radius 2 is 1.96 bits per heavy atom. The number of allylic oxidation sites excluding steroid dienone is 2. The van der Waals surface area contributed by atoms with E-state index in [4.69, 9.17) is 5.11 Å². The van der Waals surface area contributed by atoms with Gasteiger partial charge in [-0.3, -0.25) is 9.78 Å². The van der Waals surface area contributed by atoms with Crippen molar-refractivity contribution in [3.05, 3.63) is 72.8 Å². The first kappa shape index (κ1) is 18.8. The second-order valence-corrected chi connectivity index (χ2v) is 4.76. The minimum atomic E-state index is -0.125. The number of aliphatic hydroxyl groups is 1. The third-order valence-corrected chi connectivity index (χ3v) is 2.76. The van der Waals surface area contributed by atoms with Crippen LogP contribution in [0.2, 0.25) is 0 Å². The van der Waals surface area contributed by atoms with Gasteiger partial charge in [-0.15, -0.1) is 35.9 Å². The Hall–Kier alpha value is -2.23. The van der Waals surface area contributed by atoms with Gasteiger partial charge in [0.15, 0.2) is 5.78 Å². The van der Waals surface area contributed by atoms with E-state index in [2.05, 4.69) is 11.1 Å². The van der Waals surface area contributed by atoms with Gasteiger partial charge < -0.3 is 9.51 Å². The van der Waals surface area contributed by atoms with E-state index in [-0.39, 0.29) is 31.6 Å². The molecule has 0 aliphatic rings. The molecule has 1 aromatic carbocycles. The molecule has 0 saturated carbocycles. The van der Waals surface area contributed by atoms with Crippen LogP contribution in [0.5, 0.6) is 0 Å². The van der Waals surface area contributed by atoms with Gasteiger partial charge in [0.2, 0.25) is 0 Å². The van der Waals surface area contributed by atoms with Gasteiger partial charge >= 0.3 is 0 Å². The quantitative estimate of drug-likeness (QED) is 0.341. The molecule has 3 rings (SSSR count). The summed E-state index contributed by atoms with van der Waals surface area (Å²) in [4.78, 5) is 14.5. The van der Waals surface area contributed by atoms with Gasteiger partial charge in [0.05, 0.1) is 5.76 Å². The normalized spacial score (nSPS) is 10.4. The van der Waals surface area contributed by atoms with Crippen molar-refractivity contribution in [2.75, 3.05) is 0 Å². The maximum Gasteiger partial charge on any atom is 0.155 e. The number of ketones is 1. The van der Waals surface area contributed by atoms with Crippen molar-refractivity contribution in [3.63, 3.8) is 0 Å². The Balaban J connectivity index is 0.000000287. The van der Waals surface area contributed by atoms with Crippen LogP contribution >= 0.6 is 0 Å². The Kier molecular flexibility index (Phi) is 7.39. The number of aliphatic hydroxyl groups excluding tert-OH is 1. The summed E-state index contributed by atoms with van der Waals surface area (Å²) < 4.78 is 2.01. The summed E-state index contributed by atoms with van der Waals surface area (Å²) in [5.74, 6) is -0.0625. The number of pyridine rings is 1. The molecule has 0 amide bonds. The van der Waals surface area contributed by atoms with Gasteiger partial charge in [0.25, 0.3) is 0 Å². The molecule has 2 aromatic heterocycles. The molecule has 0 aliphatic carbocycles. The Labute approximate surface area is 148 Å². The summed E-state index contributed by atoms with van der Waals surface area (Å²) in [5.41, 5.74) is 2.95. The molecule has 23 heavy (non-hydrogen) atoms. The third-order valence-electron chi connectivity index (χ3n) is 2.76. The van der Waals surface area contributed by atoms with Crippen molar-refractivity contribution >= 4 is 11.4 Å². The van der Waals surface area contributed by atoms with Crippen LogP contribution in [0.4, 0.5) is 0 Å². The summed E-state index contributed by atoms with van der Waals surface area (Å²) in [6.07, 6.45) is 5.18. The van der Waals surface area contributed by atoms with E-state index < -0.39 is 0 Å². The number of nitrogens with zero attached hydrogens (tertiary/aromatic N) is 2. The number of carbonyl (C=O) groups is 1. The van der Waals surface area contributed by atoms with Crippen molar-refractivity contribution in [3.8, 4) is 11.3 Å². The van der Waals surface area contributed by atoms with E-state index in [0.29, 0.717) is 0 Å². The summed E-state index contributed by atoms with van der Waals surface area (Å²) >= 11 is 0. The fraction of sp³-hybridized carbons (Fsp3) is 0.111. The van der Waals surface area contributed by atoms with Crippen LogP contribution in [0.1, 0.15) is 13.8 Å². The average molecular weight is 486 g/mol. The minimum absolute atomic E-state index is 0. The number of fused-ring (bicyclic) bond motifs is 1. The Bertz CT molecular complexity index is 758. The average Bonchev–Trinajstić information content (AvgIpc) is 2.91. The van der Waals surface area contributed by atoms with Crippen LogP contribution in [0.25, 0.3) is 16.9 Å². The number of aromatic nitrogens is 2. The summed E-state index contributed by atoms with van der Waals surface area (Å²) in [7, 11) is 0. The van der Waals surface area contributed by atoms with Crippen LogP contribution in [-0.4, -0.2) is 20.3 Å². The second kappa shape index (κ2) is 9.03. The summed E-state index contributed by atoms with van der Waals surface area (Å²) in [6, 6.07) is 17.0. The van der Waals surface area contributed by atoms with E-state index in [0.717, 1.165) is 16.9 Å². The number of hydrogen-bond acceptors (Lipinski definition) is 3.